The molecule has 6 aromatic rings. The summed E-state index contributed by atoms with van der Waals surface area (Å²) in [5, 5.41) is 21.0. The van der Waals surface area contributed by atoms with E-state index in [1.807, 2.05) is 73.7 Å². The third-order valence-corrected chi connectivity index (χ3v) is 14.5. The van der Waals surface area contributed by atoms with Gasteiger partial charge >= 0.3 is 0 Å². The normalized spacial score (nSPS) is 25.0. The second kappa shape index (κ2) is 13.5. The quantitative estimate of drug-likeness (QED) is 0.127. The highest BCUT2D eigenvalue weighted by Crippen LogP contribution is 2.64. The van der Waals surface area contributed by atoms with Crippen LogP contribution in [0.1, 0.15) is 36.8 Å². The topological polar surface area (TPSA) is 125 Å². The lowest BCUT2D eigenvalue weighted by Crippen LogP contribution is -2.49. The predicted molar refractivity (Wildman–Crippen MR) is 225 cm³/mol. The van der Waals surface area contributed by atoms with E-state index < -0.39 is 64.3 Å². The predicted octanol–water partition coefficient (Wildman–Crippen LogP) is 9.29. The first-order valence-corrected chi connectivity index (χ1v) is 20.6. The van der Waals surface area contributed by atoms with Crippen LogP contribution in [0.4, 0.5) is 27.3 Å². The number of aryl methyl sites for hydroxylation is 2. The van der Waals surface area contributed by atoms with Crippen molar-refractivity contribution in [2.75, 3.05) is 15.1 Å². The molecule has 2 N–H and O–H groups in total. The summed E-state index contributed by atoms with van der Waals surface area (Å²) in [6, 6.07) is 28.3. The van der Waals surface area contributed by atoms with Crippen molar-refractivity contribution in [3.8, 4) is 16.3 Å². The number of nitrogens with one attached hydrogen (secondary N) is 1. The van der Waals surface area contributed by atoms with Crippen LogP contribution in [-0.4, -0.2) is 38.5 Å². The molecular formula is C46H37ClFN5O5S. The molecule has 0 bridgehead atoms. The van der Waals surface area contributed by atoms with E-state index in [1.54, 1.807) is 38.2 Å². The fourth-order valence-electron chi connectivity index (χ4n) is 10.2. The number of anilines is 4. The first kappa shape index (κ1) is 37.2. The minimum atomic E-state index is -1.49. The van der Waals surface area contributed by atoms with Crippen LogP contribution in [0.2, 0.25) is 5.02 Å². The van der Waals surface area contributed by atoms with E-state index in [1.165, 1.54) is 31.9 Å². The van der Waals surface area contributed by atoms with E-state index in [0.717, 1.165) is 38.0 Å². The zero-order valence-electron chi connectivity index (χ0n) is 32.1. The maximum atomic E-state index is 15.2. The standard InChI is InChI=1S/C46H37ClFN5O5S/c1-23-31-20-24(47)12-19-36(31)59-41(23)35-22-37(51(3)50-35)53-43(56)33-21-32-28(39(46(33,2)45(53)58)30-10-7-11-34(48)40(30)54)17-18-29-38(32)44(57)52(42(29)55)27-15-13-26(14-16-27)49-25-8-5-4-6-9-25/h4-17,19-20,22,29,32-33,38-39,49,54H,18,21H2,1-3H3/t29-,32+,33-,38-,39+,46+/m0/s1. The van der Waals surface area contributed by atoms with Gasteiger partial charge in [0.25, 0.3) is 0 Å². The average molecular weight is 826 g/mol. The van der Waals surface area contributed by atoms with Gasteiger partial charge in [-0.25, -0.2) is 9.29 Å². The third-order valence-electron chi connectivity index (χ3n) is 13.0. The van der Waals surface area contributed by atoms with Gasteiger partial charge in [0.15, 0.2) is 11.6 Å². The number of hydrogen-bond acceptors (Lipinski definition) is 8. The zero-order valence-corrected chi connectivity index (χ0v) is 33.7. The molecule has 0 unspecified atom stereocenters. The molecule has 6 atom stereocenters. The molecule has 4 heterocycles. The summed E-state index contributed by atoms with van der Waals surface area (Å²) in [6.07, 6.45) is 2.18. The minimum Gasteiger partial charge on any atom is -0.505 e. The summed E-state index contributed by atoms with van der Waals surface area (Å²) in [4.78, 5) is 62.1. The van der Waals surface area contributed by atoms with Crippen LogP contribution >= 0.6 is 22.9 Å². The van der Waals surface area contributed by atoms with Crippen LogP contribution in [0.15, 0.2) is 109 Å². The van der Waals surface area contributed by atoms with Crippen molar-refractivity contribution in [2.45, 2.75) is 32.6 Å². The van der Waals surface area contributed by atoms with Gasteiger partial charge < -0.3 is 10.4 Å². The summed E-state index contributed by atoms with van der Waals surface area (Å²) >= 11 is 7.85. The Morgan fingerprint density at radius 3 is 2.39 bits per heavy atom. The van der Waals surface area contributed by atoms with Gasteiger partial charge in [0.2, 0.25) is 23.6 Å². The first-order valence-electron chi connectivity index (χ1n) is 19.5. The second-order valence-corrected chi connectivity index (χ2v) is 17.6. The lowest BCUT2D eigenvalue weighted by Gasteiger charge is -2.49. The molecule has 59 heavy (non-hydrogen) atoms. The number of thiophene rings is 1. The number of phenolic OH excluding ortho intramolecular Hbond substituents is 1. The number of imide groups is 2. The number of carbonyl (C=O) groups excluding carboxylic acids is 4. The van der Waals surface area contributed by atoms with Gasteiger partial charge in [0, 0.05) is 45.7 Å². The molecule has 0 radical (unpaired) electrons. The number of aromatic nitrogens is 2. The van der Waals surface area contributed by atoms with E-state index >= 15 is 9.18 Å². The monoisotopic (exact) mass is 825 g/mol. The number of amides is 4. The van der Waals surface area contributed by atoms with Crippen LogP contribution in [0.25, 0.3) is 20.7 Å². The molecule has 1 saturated carbocycles. The lowest BCUT2D eigenvalue weighted by atomic mass is 9.51. The molecule has 10 nitrogen and oxygen atoms in total. The Morgan fingerprint density at radius 2 is 1.63 bits per heavy atom. The molecular weight excluding hydrogens is 789 g/mol. The van der Waals surface area contributed by atoms with Gasteiger partial charge in [-0.3, -0.25) is 28.8 Å². The number of hydrogen-bond donors (Lipinski definition) is 2. The van der Waals surface area contributed by atoms with E-state index in [0.29, 0.717) is 22.0 Å². The zero-order chi connectivity index (χ0) is 41.1. The molecule has 4 aromatic carbocycles. The number of fused-ring (bicyclic) bond motifs is 5. The van der Waals surface area contributed by atoms with Crippen molar-refractivity contribution in [2.24, 2.45) is 36.1 Å². The van der Waals surface area contributed by atoms with Crippen molar-refractivity contribution in [1.82, 2.24) is 9.78 Å². The molecule has 4 amide bonds. The third kappa shape index (κ3) is 5.45. The van der Waals surface area contributed by atoms with E-state index in [9.17, 15) is 19.5 Å². The van der Waals surface area contributed by atoms with Gasteiger partial charge in [0.05, 0.1) is 33.7 Å². The van der Waals surface area contributed by atoms with Crippen LogP contribution in [0.5, 0.6) is 5.75 Å². The maximum Gasteiger partial charge on any atom is 0.242 e. The lowest BCUT2D eigenvalue weighted by molar-refractivity contribution is -0.131. The summed E-state index contributed by atoms with van der Waals surface area (Å²) in [7, 11) is 1.67. The van der Waals surface area contributed by atoms with Crippen LogP contribution < -0.4 is 15.1 Å². The second-order valence-electron chi connectivity index (χ2n) is 16.1. The number of rotatable bonds is 6. The molecule has 296 valence electrons. The highest BCUT2D eigenvalue weighted by Gasteiger charge is 2.68. The minimum absolute atomic E-state index is 0.102. The average Bonchev–Trinajstić information content (AvgIpc) is 3.90. The van der Waals surface area contributed by atoms with E-state index in [4.69, 9.17) is 16.7 Å². The molecule has 2 aliphatic carbocycles. The van der Waals surface area contributed by atoms with Crippen molar-refractivity contribution >= 4 is 79.5 Å². The number of nitrogens with zero attached hydrogens (tertiary/aromatic N) is 4. The number of carbonyl (C=O) groups is 4. The molecule has 10 rings (SSSR count). The molecule has 2 saturated heterocycles. The summed E-state index contributed by atoms with van der Waals surface area (Å²) in [6.45, 7) is 3.68. The summed E-state index contributed by atoms with van der Waals surface area (Å²) in [5.41, 5.74) is 2.95. The molecule has 2 aromatic heterocycles. The maximum absolute atomic E-state index is 15.2. The van der Waals surface area contributed by atoms with Gasteiger partial charge in [-0.1, -0.05) is 53.6 Å². The Morgan fingerprint density at radius 1 is 0.881 bits per heavy atom. The van der Waals surface area contributed by atoms with Gasteiger partial charge in [-0.05, 0) is 104 Å². The number of aromatic hydroxyl groups is 1. The molecule has 4 aliphatic rings. The molecule has 2 aliphatic heterocycles. The summed E-state index contributed by atoms with van der Waals surface area (Å²) < 4.78 is 17.8. The van der Waals surface area contributed by atoms with E-state index in [-0.39, 0.29) is 30.1 Å². The Labute approximate surface area is 347 Å². The molecule has 0 spiro atoms. The largest absolute Gasteiger partial charge is 0.505 e. The van der Waals surface area contributed by atoms with Gasteiger partial charge in [0.1, 0.15) is 11.5 Å². The number of allylic oxidation sites excluding steroid dienone is 2. The Balaban J connectivity index is 1.03. The Hall–Kier alpha value is -6.11. The smallest absolute Gasteiger partial charge is 0.242 e. The van der Waals surface area contributed by atoms with Crippen molar-refractivity contribution in [3.05, 3.63) is 131 Å². The SMILES string of the molecule is Cc1c(-c2cc(N3C(=O)[C@@H]4C[C@@H]5C(=CC[C@@H]6C(=O)N(c7ccc(Nc8ccccc8)cc7)C(=O)[C@@H]65)[C@H](c5cccc(F)c5O)[C@]4(C)C3=O)n(C)n2)sc2ccc(Cl)cc12. The van der Waals surface area contributed by atoms with Crippen molar-refractivity contribution in [3.63, 3.8) is 0 Å². The fraction of sp³-hybridized carbons (Fsp3) is 0.239. The fourth-order valence-corrected chi connectivity index (χ4v) is 11.5. The Kier molecular flexibility index (Phi) is 8.49. The number of benzene rings is 4. The number of phenols is 1. The first-order chi connectivity index (χ1) is 28.4. The molecule has 3 fully saturated rings. The number of para-hydroxylation sites is 2. The Bertz CT molecular complexity index is 2820. The van der Waals surface area contributed by atoms with Gasteiger partial charge in [-0.2, -0.15) is 5.10 Å². The van der Waals surface area contributed by atoms with Crippen LogP contribution in [-0.2, 0) is 26.2 Å². The summed E-state index contributed by atoms with van der Waals surface area (Å²) in [5.74, 6) is -7.10. The number of halogens is 2. The van der Waals surface area contributed by atoms with Crippen molar-refractivity contribution < 1.29 is 28.7 Å². The van der Waals surface area contributed by atoms with Gasteiger partial charge in [-0.15, -0.1) is 11.3 Å². The highest BCUT2D eigenvalue weighted by molar-refractivity contribution is 7.22. The van der Waals surface area contributed by atoms with E-state index in [2.05, 4.69) is 5.32 Å². The molecule has 13 heteroatoms. The highest BCUT2D eigenvalue weighted by atomic mass is 35.5. The van der Waals surface area contributed by atoms with Crippen LogP contribution in [0.3, 0.4) is 0 Å². The van der Waals surface area contributed by atoms with Crippen LogP contribution in [0, 0.1) is 41.8 Å². The van der Waals surface area contributed by atoms with Crippen molar-refractivity contribution in [1.29, 1.82) is 0 Å².